The predicted octanol–water partition coefficient (Wildman–Crippen LogP) is 1.80. The van der Waals surface area contributed by atoms with Gasteiger partial charge in [-0.3, -0.25) is 4.79 Å². The van der Waals surface area contributed by atoms with Crippen molar-refractivity contribution in [2.75, 3.05) is 0 Å². The summed E-state index contributed by atoms with van der Waals surface area (Å²) in [6, 6.07) is 2.84. The molecular formula is C12H11FO3. The SMILES string of the molecule is CC(=O)C1Cc2c(F)ccc(C)c2C(=O)O1. The lowest BCUT2D eigenvalue weighted by Gasteiger charge is -2.24. The molecule has 0 fully saturated rings. The number of Topliss-reactive ketones (excluding diaryl/α,β-unsaturated/α-hetero) is 1. The number of carbonyl (C=O) groups is 2. The van der Waals surface area contributed by atoms with E-state index in [1.54, 1.807) is 6.92 Å². The van der Waals surface area contributed by atoms with E-state index in [2.05, 4.69) is 0 Å². The van der Waals surface area contributed by atoms with Crippen LogP contribution in [0.15, 0.2) is 12.1 Å². The van der Waals surface area contributed by atoms with Crippen LogP contribution in [0, 0.1) is 12.7 Å². The second-order valence-corrected chi connectivity index (χ2v) is 3.93. The topological polar surface area (TPSA) is 43.4 Å². The van der Waals surface area contributed by atoms with Crippen molar-refractivity contribution in [2.45, 2.75) is 26.4 Å². The summed E-state index contributed by atoms with van der Waals surface area (Å²) in [6.45, 7) is 3.05. The first kappa shape index (κ1) is 10.8. The Morgan fingerprint density at radius 1 is 1.50 bits per heavy atom. The third kappa shape index (κ3) is 1.60. The molecule has 0 spiro atoms. The highest BCUT2D eigenvalue weighted by atomic mass is 19.1. The van der Waals surface area contributed by atoms with Gasteiger partial charge < -0.3 is 4.74 Å². The molecule has 0 bridgehead atoms. The lowest BCUT2D eigenvalue weighted by molar-refractivity contribution is -0.125. The van der Waals surface area contributed by atoms with Crippen molar-refractivity contribution in [2.24, 2.45) is 0 Å². The molecule has 0 radical (unpaired) electrons. The van der Waals surface area contributed by atoms with Gasteiger partial charge in [0.25, 0.3) is 0 Å². The fourth-order valence-electron chi connectivity index (χ4n) is 1.87. The molecule has 3 nitrogen and oxygen atoms in total. The second-order valence-electron chi connectivity index (χ2n) is 3.93. The van der Waals surface area contributed by atoms with Gasteiger partial charge in [0.15, 0.2) is 11.9 Å². The molecule has 16 heavy (non-hydrogen) atoms. The summed E-state index contributed by atoms with van der Waals surface area (Å²) in [7, 11) is 0. The van der Waals surface area contributed by atoms with Gasteiger partial charge in [-0.05, 0) is 25.5 Å². The number of cyclic esters (lactones) is 1. The lowest BCUT2D eigenvalue weighted by atomic mass is 9.93. The quantitative estimate of drug-likeness (QED) is 0.680. The second kappa shape index (κ2) is 3.70. The van der Waals surface area contributed by atoms with Gasteiger partial charge in [0, 0.05) is 12.0 Å². The molecule has 84 valence electrons. The third-order valence-corrected chi connectivity index (χ3v) is 2.76. The Kier molecular flexibility index (Phi) is 2.50. The van der Waals surface area contributed by atoms with Crippen LogP contribution in [0.2, 0.25) is 0 Å². The van der Waals surface area contributed by atoms with Gasteiger partial charge in [-0.15, -0.1) is 0 Å². The first-order valence-electron chi connectivity index (χ1n) is 5.00. The van der Waals surface area contributed by atoms with Crippen molar-refractivity contribution in [1.29, 1.82) is 0 Å². The van der Waals surface area contributed by atoms with E-state index in [4.69, 9.17) is 4.74 Å². The van der Waals surface area contributed by atoms with Gasteiger partial charge in [0.05, 0.1) is 5.56 Å². The van der Waals surface area contributed by atoms with E-state index < -0.39 is 17.9 Å². The Labute approximate surface area is 92.2 Å². The number of carbonyl (C=O) groups excluding carboxylic acids is 2. The molecule has 1 unspecified atom stereocenters. The monoisotopic (exact) mass is 222 g/mol. The van der Waals surface area contributed by atoms with E-state index in [9.17, 15) is 14.0 Å². The number of aryl methyl sites for hydroxylation is 1. The first-order chi connectivity index (χ1) is 7.50. The maximum atomic E-state index is 13.5. The Hall–Kier alpha value is -1.71. The van der Waals surface area contributed by atoms with Crippen LogP contribution in [0.1, 0.15) is 28.4 Å². The average molecular weight is 222 g/mol. The van der Waals surface area contributed by atoms with Crippen molar-refractivity contribution in [3.63, 3.8) is 0 Å². The van der Waals surface area contributed by atoms with E-state index in [1.165, 1.54) is 19.1 Å². The van der Waals surface area contributed by atoms with Gasteiger partial charge >= 0.3 is 5.97 Å². The summed E-state index contributed by atoms with van der Waals surface area (Å²) in [5, 5.41) is 0. The van der Waals surface area contributed by atoms with Crippen LogP contribution in [0.3, 0.4) is 0 Å². The van der Waals surface area contributed by atoms with Crippen molar-refractivity contribution in [3.8, 4) is 0 Å². The molecule has 0 aliphatic carbocycles. The molecule has 4 heteroatoms. The predicted molar refractivity (Wildman–Crippen MR) is 54.7 cm³/mol. The Morgan fingerprint density at radius 3 is 2.81 bits per heavy atom. The van der Waals surface area contributed by atoms with E-state index in [1.807, 2.05) is 0 Å². The van der Waals surface area contributed by atoms with E-state index in [0.29, 0.717) is 5.56 Å². The van der Waals surface area contributed by atoms with Crippen molar-refractivity contribution < 1.29 is 18.7 Å². The number of ether oxygens (including phenoxy) is 1. The Bertz CT molecular complexity index is 479. The maximum Gasteiger partial charge on any atom is 0.339 e. The molecule has 1 aliphatic rings. The zero-order valence-corrected chi connectivity index (χ0v) is 9.04. The Balaban J connectivity index is 2.54. The van der Waals surface area contributed by atoms with E-state index in [-0.39, 0.29) is 23.3 Å². The summed E-state index contributed by atoms with van der Waals surface area (Å²) < 4.78 is 18.5. The van der Waals surface area contributed by atoms with Crippen LogP contribution in [-0.4, -0.2) is 17.9 Å². The summed E-state index contributed by atoms with van der Waals surface area (Å²) in [6.07, 6.45) is -0.722. The zero-order valence-electron chi connectivity index (χ0n) is 9.04. The van der Waals surface area contributed by atoms with Crippen molar-refractivity contribution in [3.05, 3.63) is 34.6 Å². The minimum Gasteiger partial charge on any atom is -0.450 e. The molecule has 1 heterocycles. The fourth-order valence-corrected chi connectivity index (χ4v) is 1.87. The van der Waals surface area contributed by atoms with Crippen LogP contribution in [0.5, 0.6) is 0 Å². The highest BCUT2D eigenvalue weighted by Gasteiger charge is 2.32. The fraction of sp³-hybridized carbons (Fsp3) is 0.333. The minimum absolute atomic E-state index is 0.129. The molecule has 0 amide bonds. The molecule has 2 rings (SSSR count). The smallest absolute Gasteiger partial charge is 0.339 e. The standard InChI is InChI=1S/C12H11FO3/c1-6-3-4-9(13)8-5-10(7(2)14)16-12(15)11(6)8/h3-4,10H,5H2,1-2H3. The minimum atomic E-state index is -0.851. The third-order valence-electron chi connectivity index (χ3n) is 2.76. The summed E-state index contributed by atoms with van der Waals surface area (Å²) in [4.78, 5) is 22.8. The van der Waals surface area contributed by atoms with Gasteiger partial charge in [-0.1, -0.05) is 6.07 Å². The summed E-state index contributed by atoms with van der Waals surface area (Å²) in [5.74, 6) is -1.33. The van der Waals surface area contributed by atoms with Crippen molar-refractivity contribution >= 4 is 11.8 Å². The van der Waals surface area contributed by atoms with Gasteiger partial charge in [0.1, 0.15) is 5.82 Å². The number of fused-ring (bicyclic) bond motifs is 1. The molecule has 1 aromatic carbocycles. The van der Waals surface area contributed by atoms with Gasteiger partial charge in [-0.25, -0.2) is 9.18 Å². The highest BCUT2D eigenvalue weighted by molar-refractivity contribution is 5.97. The van der Waals surface area contributed by atoms with E-state index >= 15 is 0 Å². The number of benzene rings is 1. The van der Waals surface area contributed by atoms with Crippen molar-refractivity contribution in [1.82, 2.24) is 0 Å². The summed E-state index contributed by atoms with van der Waals surface area (Å²) >= 11 is 0. The number of halogens is 1. The summed E-state index contributed by atoms with van der Waals surface area (Å²) in [5.41, 5.74) is 1.22. The van der Waals surface area contributed by atoms with Gasteiger partial charge in [0.2, 0.25) is 0 Å². The molecule has 1 atom stereocenters. The van der Waals surface area contributed by atoms with Crippen LogP contribution < -0.4 is 0 Å². The number of ketones is 1. The van der Waals surface area contributed by atoms with Crippen LogP contribution >= 0.6 is 0 Å². The molecule has 0 aromatic heterocycles. The molecule has 1 aliphatic heterocycles. The zero-order chi connectivity index (χ0) is 11.9. The number of rotatable bonds is 1. The highest BCUT2D eigenvalue weighted by Crippen LogP contribution is 2.26. The Morgan fingerprint density at radius 2 is 2.19 bits per heavy atom. The molecule has 0 saturated heterocycles. The number of hydrogen-bond acceptors (Lipinski definition) is 3. The molecule has 0 saturated carbocycles. The molecule has 0 N–H and O–H groups in total. The normalized spacial score (nSPS) is 18.9. The van der Waals surface area contributed by atoms with Crippen LogP contribution in [-0.2, 0) is 16.0 Å². The molecular weight excluding hydrogens is 211 g/mol. The van der Waals surface area contributed by atoms with Gasteiger partial charge in [-0.2, -0.15) is 0 Å². The van der Waals surface area contributed by atoms with Crippen LogP contribution in [0.4, 0.5) is 4.39 Å². The molecule has 1 aromatic rings. The lowest BCUT2D eigenvalue weighted by Crippen LogP contribution is -2.34. The van der Waals surface area contributed by atoms with Crippen LogP contribution in [0.25, 0.3) is 0 Å². The first-order valence-corrected chi connectivity index (χ1v) is 5.00. The largest absolute Gasteiger partial charge is 0.450 e. The number of hydrogen-bond donors (Lipinski definition) is 0. The van der Waals surface area contributed by atoms with E-state index in [0.717, 1.165) is 0 Å². The average Bonchev–Trinajstić information content (AvgIpc) is 2.22. The maximum absolute atomic E-state index is 13.5. The number of esters is 1.